The van der Waals surface area contributed by atoms with Crippen molar-refractivity contribution >= 4 is 0 Å². The largest absolute Gasteiger partial charge is 0.396 e. The number of hydrogen-bond acceptors (Lipinski definition) is 2. The van der Waals surface area contributed by atoms with Crippen LogP contribution in [0.2, 0.25) is 0 Å². The fourth-order valence-corrected chi connectivity index (χ4v) is 0.531. The van der Waals surface area contributed by atoms with Crippen LogP contribution in [0.5, 0.6) is 0 Å². The first-order valence-corrected chi connectivity index (χ1v) is 3.03. The van der Waals surface area contributed by atoms with Crippen molar-refractivity contribution in [2.45, 2.75) is 19.8 Å². The van der Waals surface area contributed by atoms with Gasteiger partial charge < -0.3 is 10.2 Å². The molecule has 2 heteroatoms. The summed E-state index contributed by atoms with van der Waals surface area (Å²) in [6, 6.07) is 0. The predicted octanol–water partition coefficient (Wildman–Crippen LogP) is 0.387. The lowest BCUT2D eigenvalue weighted by atomic mass is 10.1. The highest BCUT2D eigenvalue weighted by Crippen LogP contribution is 2.01. The van der Waals surface area contributed by atoms with E-state index in [2.05, 4.69) is 0 Å². The molecule has 0 spiro atoms. The predicted molar refractivity (Wildman–Crippen MR) is 32.6 cm³/mol. The second-order valence-electron chi connectivity index (χ2n) is 2.15. The van der Waals surface area contributed by atoms with Gasteiger partial charge in [-0.15, -0.1) is 0 Å². The number of aliphatic hydroxyl groups excluding tert-OH is 2. The molecule has 8 heavy (non-hydrogen) atoms. The standard InChI is InChI=1S/C6H14O2/c1-6(5-8)3-2-4-7/h6-8H,2-5H2,1H3/t6-/m1/s1. The third-order valence-electron chi connectivity index (χ3n) is 1.17. The lowest BCUT2D eigenvalue weighted by Gasteiger charge is -2.03. The molecule has 50 valence electrons. The van der Waals surface area contributed by atoms with E-state index in [-0.39, 0.29) is 13.2 Å². The normalized spacial score (nSPS) is 13.9. The monoisotopic (exact) mass is 118 g/mol. The lowest BCUT2D eigenvalue weighted by molar-refractivity contribution is 0.212. The molecule has 0 aliphatic rings. The van der Waals surface area contributed by atoms with Crippen molar-refractivity contribution < 1.29 is 10.2 Å². The molecule has 0 aromatic rings. The van der Waals surface area contributed by atoms with Crippen LogP contribution in [0.25, 0.3) is 0 Å². The minimum atomic E-state index is 0.236. The second-order valence-corrected chi connectivity index (χ2v) is 2.15. The molecule has 0 fully saturated rings. The summed E-state index contributed by atoms with van der Waals surface area (Å²) in [5.74, 6) is 0.349. The SMILES string of the molecule is C[C@@H](CO)CCCO. The summed E-state index contributed by atoms with van der Waals surface area (Å²) < 4.78 is 0. The van der Waals surface area contributed by atoms with Gasteiger partial charge in [0.25, 0.3) is 0 Å². The molecule has 0 aliphatic heterocycles. The van der Waals surface area contributed by atoms with Gasteiger partial charge in [-0.3, -0.25) is 0 Å². The molecule has 0 heterocycles. The Morgan fingerprint density at radius 1 is 1.38 bits per heavy atom. The maximum Gasteiger partial charge on any atom is 0.0456 e. The molecule has 0 saturated carbocycles. The Bertz CT molecular complexity index is 45.8. The van der Waals surface area contributed by atoms with Crippen molar-refractivity contribution in [3.63, 3.8) is 0 Å². The van der Waals surface area contributed by atoms with Gasteiger partial charge >= 0.3 is 0 Å². The van der Waals surface area contributed by atoms with Crippen LogP contribution in [0.15, 0.2) is 0 Å². The first-order valence-electron chi connectivity index (χ1n) is 3.03. The highest BCUT2D eigenvalue weighted by atomic mass is 16.3. The summed E-state index contributed by atoms with van der Waals surface area (Å²) in [6.45, 7) is 2.44. The van der Waals surface area contributed by atoms with Crippen LogP contribution in [0.4, 0.5) is 0 Å². The first-order chi connectivity index (χ1) is 3.81. The second kappa shape index (κ2) is 5.06. The van der Waals surface area contributed by atoms with Crippen LogP contribution < -0.4 is 0 Å². The Hall–Kier alpha value is -0.0800. The van der Waals surface area contributed by atoms with Crippen LogP contribution in [0, 0.1) is 5.92 Å². The van der Waals surface area contributed by atoms with E-state index in [1.807, 2.05) is 6.92 Å². The fraction of sp³-hybridized carbons (Fsp3) is 1.00. The first kappa shape index (κ1) is 7.92. The number of aliphatic hydroxyl groups is 2. The number of hydrogen-bond donors (Lipinski definition) is 2. The maximum absolute atomic E-state index is 8.48. The van der Waals surface area contributed by atoms with Gasteiger partial charge in [-0.25, -0.2) is 0 Å². The average molecular weight is 118 g/mol. The van der Waals surface area contributed by atoms with Gasteiger partial charge in [0.05, 0.1) is 0 Å². The molecular formula is C6H14O2. The van der Waals surface area contributed by atoms with Crippen molar-refractivity contribution in [2.75, 3.05) is 13.2 Å². The third-order valence-corrected chi connectivity index (χ3v) is 1.17. The molecule has 2 N–H and O–H groups in total. The molecule has 2 nitrogen and oxygen atoms in total. The van der Waals surface area contributed by atoms with Crippen molar-refractivity contribution in [2.24, 2.45) is 5.92 Å². The molecular weight excluding hydrogens is 104 g/mol. The third kappa shape index (κ3) is 4.09. The van der Waals surface area contributed by atoms with E-state index in [4.69, 9.17) is 10.2 Å². The molecule has 0 saturated heterocycles. The Kier molecular flexibility index (Phi) is 5.01. The number of rotatable bonds is 4. The maximum atomic E-state index is 8.48. The van der Waals surface area contributed by atoms with E-state index in [0.29, 0.717) is 5.92 Å². The van der Waals surface area contributed by atoms with Crippen molar-refractivity contribution in [1.29, 1.82) is 0 Å². The summed E-state index contributed by atoms with van der Waals surface area (Å²) in [7, 11) is 0. The zero-order chi connectivity index (χ0) is 6.41. The molecule has 0 bridgehead atoms. The highest BCUT2D eigenvalue weighted by Gasteiger charge is 1.96. The Balaban J connectivity index is 2.86. The van der Waals surface area contributed by atoms with Gasteiger partial charge in [0.1, 0.15) is 0 Å². The van der Waals surface area contributed by atoms with E-state index in [0.717, 1.165) is 12.8 Å². The summed E-state index contributed by atoms with van der Waals surface area (Å²) >= 11 is 0. The van der Waals surface area contributed by atoms with Crippen LogP contribution >= 0.6 is 0 Å². The van der Waals surface area contributed by atoms with E-state index in [9.17, 15) is 0 Å². The van der Waals surface area contributed by atoms with Crippen LogP contribution in [0.1, 0.15) is 19.8 Å². The highest BCUT2D eigenvalue weighted by molar-refractivity contribution is 4.48. The van der Waals surface area contributed by atoms with Gasteiger partial charge in [-0.2, -0.15) is 0 Å². The molecule has 0 unspecified atom stereocenters. The van der Waals surface area contributed by atoms with E-state index in [1.54, 1.807) is 0 Å². The van der Waals surface area contributed by atoms with Crippen LogP contribution in [-0.4, -0.2) is 23.4 Å². The Labute approximate surface area is 50.2 Å². The molecule has 0 radical (unpaired) electrons. The summed E-state index contributed by atoms with van der Waals surface area (Å²) in [5, 5.41) is 16.8. The van der Waals surface area contributed by atoms with Gasteiger partial charge in [0, 0.05) is 13.2 Å². The molecule has 0 rings (SSSR count). The minimum Gasteiger partial charge on any atom is -0.396 e. The van der Waals surface area contributed by atoms with Crippen LogP contribution in [0.3, 0.4) is 0 Å². The molecule has 1 atom stereocenters. The van der Waals surface area contributed by atoms with Gasteiger partial charge in [0.2, 0.25) is 0 Å². The minimum absolute atomic E-state index is 0.236. The van der Waals surface area contributed by atoms with Crippen LogP contribution in [-0.2, 0) is 0 Å². The van der Waals surface area contributed by atoms with Gasteiger partial charge in [-0.05, 0) is 18.8 Å². The Morgan fingerprint density at radius 3 is 2.38 bits per heavy atom. The smallest absolute Gasteiger partial charge is 0.0456 e. The van der Waals surface area contributed by atoms with Crippen molar-refractivity contribution in [3.8, 4) is 0 Å². The Morgan fingerprint density at radius 2 is 2.00 bits per heavy atom. The van der Waals surface area contributed by atoms with Gasteiger partial charge in [-0.1, -0.05) is 6.92 Å². The lowest BCUT2D eigenvalue weighted by Crippen LogP contribution is -2.00. The fourth-order valence-electron chi connectivity index (χ4n) is 0.531. The molecule has 0 amide bonds. The van der Waals surface area contributed by atoms with E-state index < -0.39 is 0 Å². The van der Waals surface area contributed by atoms with E-state index >= 15 is 0 Å². The zero-order valence-corrected chi connectivity index (χ0v) is 5.30. The average Bonchev–Trinajstić information content (AvgIpc) is 1.83. The molecule has 0 aromatic carbocycles. The van der Waals surface area contributed by atoms with Crippen molar-refractivity contribution in [1.82, 2.24) is 0 Å². The van der Waals surface area contributed by atoms with Crippen molar-refractivity contribution in [3.05, 3.63) is 0 Å². The summed E-state index contributed by atoms with van der Waals surface area (Å²) in [4.78, 5) is 0. The molecule has 0 aliphatic carbocycles. The van der Waals surface area contributed by atoms with Gasteiger partial charge in [0.15, 0.2) is 0 Å². The molecule has 0 aromatic heterocycles. The topological polar surface area (TPSA) is 40.5 Å². The summed E-state index contributed by atoms with van der Waals surface area (Å²) in [5.41, 5.74) is 0. The quantitative estimate of drug-likeness (QED) is 0.560. The zero-order valence-electron chi connectivity index (χ0n) is 5.30. The summed E-state index contributed by atoms with van der Waals surface area (Å²) in [6.07, 6.45) is 1.73. The van der Waals surface area contributed by atoms with E-state index in [1.165, 1.54) is 0 Å².